The van der Waals surface area contributed by atoms with Gasteiger partial charge in [0.15, 0.2) is 0 Å². The van der Waals surface area contributed by atoms with Gasteiger partial charge in [0.1, 0.15) is 24.2 Å². The van der Waals surface area contributed by atoms with Crippen molar-refractivity contribution in [2.24, 2.45) is 5.73 Å². The van der Waals surface area contributed by atoms with Crippen LogP contribution in [0.1, 0.15) is 25.0 Å². The maximum Gasteiger partial charge on any atom is 0.326 e. The van der Waals surface area contributed by atoms with Gasteiger partial charge >= 0.3 is 5.97 Å². The molecule has 0 aliphatic carbocycles. The number of fused-ring (bicyclic) bond motifs is 2. The molecule has 2 aromatic heterocycles. The Kier molecular flexibility index (Phi) is 9.05. The molecule has 0 radical (unpaired) electrons. The number of hydrogen-bond acceptors (Lipinski definition) is 6. The SMILES string of the molecule is CC(NC(=O)C(N)C(C)O)C(=O)NC(Cc1c[nH]c2ccccc12)C(=O)NC(Cc1c[nH]c2ccccc12)C(=O)O. The second-order valence-corrected chi connectivity index (χ2v) is 10.1. The van der Waals surface area contributed by atoms with E-state index in [1.807, 2.05) is 48.5 Å². The number of carbonyl (C=O) groups is 4. The maximum atomic E-state index is 13.5. The molecule has 5 atom stereocenters. The number of nitrogens with one attached hydrogen (secondary N) is 5. The highest BCUT2D eigenvalue weighted by atomic mass is 16.4. The minimum atomic E-state index is -1.27. The van der Waals surface area contributed by atoms with Crippen molar-refractivity contribution in [3.63, 3.8) is 0 Å². The quantitative estimate of drug-likeness (QED) is 0.124. The van der Waals surface area contributed by atoms with Crippen LogP contribution in [0.3, 0.4) is 0 Å². The zero-order valence-corrected chi connectivity index (χ0v) is 22.7. The molecule has 2 aromatic carbocycles. The van der Waals surface area contributed by atoms with E-state index in [9.17, 15) is 29.4 Å². The van der Waals surface area contributed by atoms with Gasteiger partial charge in [-0.05, 0) is 37.1 Å². The third-order valence-corrected chi connectivity index (χ3v) is 7.02. The van der Waals surface area contributed by atoms with Crippen molar-refractivity contribution in [1.29, 1.82) is 0 Å². The lowest BCUT2D eigenvalue weighted by Gasteiger charge is -2.24. The lowest BCUT2D eigenvalue weighted by Crippen LogP contribution is -2.58. The smallest absolute Gasteiger partial charge is 0.326 e. The van der Waals surface area contributed by atoms with Crippen LogP contribution in [0.25, 0.3) is 21.8 Å². The van der Waals surface area contributed by atoms with Gasteiger partial charge in [-0.1, -0.05) is 36.4 Å². The number of rotatable bonds is 12. The van der Waals surface area contributed by atoms with Crippen LogP contribution in [-0.4, -0.2) is 74.1 Å². The third kappa shape index (κ3) is 6.91. The van der Waals surface area contributed by atoms with Crippen molar-refractivity contribution < 1.29 is 29.4 Å². The van der Waals surface area contributed by atoms with E-state index < -0.39 is 54.0 Å². The molecule has 12 heteroatoms. The fraction of sp³-hybridized carbons (Fsp3) is 0.310. The summed E-state index contributed by atoms with van der Waals surface area (Å²) in [5, 5.41) is 28.9. The fourth-order valence-corrected chi connectivity index (χ4v) is 4.61. The van der Waals surface area contributed by atoms with E-state index in [0.29, 0.717) is 0 Å². The Morgan fingerprint density at radius 2 is 1.24 bits per heavy atom. The predicted molar refractivity (Wildman–Crippen MR) is 153 cm³/mol. The highest BCUT2D eigenvalue weighted by Crippen LogP contribution is 2.21. The highest BCUT2D eigenvalue weighted by Gasteiger charge is 2.30. The average molecular weight is 563 g/mol. The van der Waals surface area contributed by atoms with E-state index in [0.717, 1.165) is 32.9 Å². The number of aromatic nitrogens is 2. The molecule has 2 heterocycles. The molecular weight excluding hydrogens is 528 g/mol. The van der Waals surface area contributed by atoms with Crippen LogP contribution in [0.4, 0.5) is 0 Å². The number of carbonyl (C=O) groups excluding carboxylic acids is 3. The Balaban J connectivity index is 1.54. The van der Waals surface area contributed by atoms with Crippen LogP contribution in [-0.2, 0) is 32.0 Å². The normalized spacial score (nSPS) is 15.0. The molecule has 5 unspecified atom stereocenters. The summed E-state index contributed by atoms with van der Waals surface area (Å²) in [6.45, 7) is 2.77. The molecule has 9 N–H and O–H groups in total. The Morgan fingerprint density at radius 3 is 1.76 bits per heavy atom. The number of H-pyrrole nitrogens is 2. The standard InChI is InChI=1S/C29H34N6O6/c1-15(33-28(39)25(30)16(2)36)26(37)34-23(11-17-13-31-21-9-5-3-7-19(17)21)27(38)35-24(29(40)41)12-18-14-32-22-10-6-4-8-20(18)22/h3-10,13-16,23-25,31-32,36H,11-12,30H2,1-2H3,(H,33,39)(H,34,37)(H,35,38)(H,40,41). The first-order chi connectivity index (χ1) is 19.5. The van der Waals surface area contributed by atoms with Crippen LogP contribution < -0.4 is 21.7 Å². The second-order valence-electron chi connectivity index (χ2n) is 10.1. The molecule has 12 nitrogen and oxygen atoms in total. The van der Waals surface area contributed by atoms with E-state index in [4.69, 9.17) is 5.73 Å². The molecule has 0 aliphatic rings. The molecule has 3 amide bonds. The molecule has 0 bridgehead atoms. The predicted octanol–water partition coefficient (Wildman–Crippen LogP) is 0.701. The zero-order chi connectivity index (χ0) is 29.7. The van der Waals surface area contributed by atoms with E-state index in [-0.39, 0.29) is 12.8 Å². The van der Waals surface area contributed by atoms with Crippen molar-refractivity contribution >= 4 is 45.5 Å². The molecule has 0 fully saturated rings. The van der Waals surface area contributed by atoms with Gasteiger partial charge in [-0.15, -0.1) is 0 Å². The first-order valence-electron chi connectivity index (χ1n) is 13.2. The summed E-state index contributed by atoms with van der Waals surface area (Å²) in [7, 11) is 0. The van der Waals surface area contributed by atoms with Crippen molar-refractivity contribution in [1.82, 2.24) is 25.9 Å². The Bertz CT molecular complexity index is 1560. The zero-order valence-electron chi connectivity index (χ0n) is 22.7. The van der Waals surface area contributed by atoms with Gasteiger partial charge in [0, 0.05) is 47.0 Å². The van der Waals surface area contributed by atoms with E-state index in [1.54, 1.807) is 12.4 Å². The molecular formula is C29H34N6O6. The van der Waals surface area contributed by atoms with Crippen LogP contribution >= 0.6 is 0 Å². The Morgan fingerprint density at radius 1 is 0.756 bits per heavy atom. The minimum Gasteiger partial charge on any atom is -0.480 e. The summed E-state index contributed by atoms with van der Waals surface area (Å²) in [6.07, 6.45) is 2.37. The highest BCUT2D eigenvalue weighted by molar-refractivity contribution is 5.95. The van der Waals surface area contributed by atoms with Gasteiger partial charge in [0.2, 0.25) is 17.7 Å². The number of aliphatic hydroxyl groups excluding tert-OH is 1. The fourth-order valence-electron chi connectivity index (χ4n) is 4.61. The van der Waals surface area contributed by atoms with Gasteiger partial charge in [0.05, 0.1) is 6.10 Å². The molecule has 0 spiro atoms. The summed E-state index contributed by atoms with van der Waals surface area (Å²) >= 11 is 0. The molecule has 0 saturated carbocycles. The van der Waals surface area contributed by atoms with Crippen LogP contribution in [0.15, 0.2) is 60.9 Å². The van der Waals surface area contributed by atoms with E-state index in [1.165, 1.54) is 13.8 Å². The molecule has 0 saturated heterocycles. The van der Waals surface area contributed by atoms with Crippen molar-refractivity contribution in [3.8, 4) is 0 Å². The van der Waals surface area contributed by atoms with Crippen LogP contribution in [0.2, 0.25) is 0 Å². The Hall–Kier alpha value is -4.68. The number of aliphatic hydroxyl groups is 1. The monoisotopic (exact) mass is 562 g/mol. The van der Waals surface area contributed by atoms with Gasteiger partial charge < -0.3 is 41.9 Å². The number of carboxylic acids is 1. The van der Waals surface area contributed by atoms with E-state index >= 15 is 0 Å². The topological polar surface area (TPSA) is 202 Å². The molecule has 4 rings (SSSR count). The molecule has 41 heavy (non-hydrogen) atoms. The summed E-state index contributed by atoms with van der Waals surface area (Å²) in [4.78, 5) is 57.3. The van der Waals surface area contributed by atoms with Crippen molar-refractivity contribution in [2.75, 3.05) is 0 Å². The lowest BCUT2D eigenvalue weighted by molar-refractivity contribution is -0.142. The number of carboxylic acid groups (broad SMARTS) is 1. The van der Waals surface area contributed by atoms with Gasteiger partial charge in [-0.25, -0.2) is 4.79 Å². The number of nitrogens with two attached hydrogens (primary N) is 1. The first-order valence-corrected chi connectivity index (χ1v) is 13.2. The Labute approximate surface area is 235 Å². The largest absolute Gasteiger partial charge is 0.480 e. The number of para-hydroxylation sites is 2. The number of benzene rings is 2. The number of hydrogen-bond donors (Lipinski definition) is 8. The number of aromatic amines is 2. The minimum absolute atomic E-state index is 0.0164. The maximum absolute atomic E-state index is 13.5. The molecule has 4 aromatic rings. The van der Waals surface area contributed by atoms with Gasteiger partial charge in [-0.2, -0.15) is 0 Å². The molecule has 0 aliphatic heterocycles. The number of aliphatic carboxylic acids is 1. The third-order valence-electron chi connectivity index (χ3n) is 7.02. The van der Waals surface area contributed by atoms with Crippen molar-refractivity contribution in [3.05, 3.63) is 72.1 Å². The average Bonchev–Trinajstić information content (AvgIpc) is 3.55. The number of amides is 3. The first kappa shape index (κ1) is 29.3. The van der Waals surface area contributed by atoms with Crippen LogP contribution in [0, 0.1) is 0 Å². The summed E-state index contributed by atoms with van der Waals surface area (Å²) in [5.41, 5.74) is 8.79. The lowest BCUT2D eigenvalue weighted by atomic mass is 10.0. The van der Waals surface area contributed by atoms with Crippen LogP contribution in [0.5, 0.6) is 0 Å². The second kappa shape index (κ2) is 12.7. The summed E-state index contributed by atoms with van der Waals surface area (Å²) in [6, 6.07) is 10.1. The van der Waals surface area contributed by atoms with E-state index in [2.05, 4.69) is 25.9 Å². The van der Waals surface area contributed by atoms with Gasteiger partial charge in [-0.3, -0.25) is 14.4 Å². The summed E-state index contributed by atoms with van der Waals surface area (Å²) in [5.74, 6) is -3.34. The molecule has 216 valence electrons. The van der Waals surface area contributed by atoms with Gasteiger partial charge in [0.25, 0.3) is 0 Å². The van der Waals surface area contributed by atoms with Crippen molar-refractivity contribution in [2.45, 2.75) is 57.0 Å². The summed E-state index contributed by atoms with van der Waals surface area (Å²) < 4.78 is 0.